The number of nitrogens with one attached hydrogen (secondary N) is 1. The van der Waals surface area contributed by atoms with E-state index < -0.39 is 5.91 Å². The van der Waals surface area contributed by atoms with Gasteiger partial charge in [0.05, 0.1) is 7.11 Å². The number of amides is 1. The van der Waals surface area contributed by atoms with Crippen LogP contribution in [0, 0.1) is 11.3 Å². The molecule has 1 aliphatic heterocycles. The number of anilines is 2. The average molecular weight is 418 g/mol. The molecular formula is C26H31N3O2. The molecule has 5 heteroatoms. The van der Waals surface area contributed by atoms with Gasteiger partial charge < -0.3 is 15.0 Å². The minimum absolute atomic E-state index is 0.0741. The summed E-state index contributed by atoms with van der Waals surface area (Å²) in [4.78, 5) is 15.1. The lowest BCUT2D eigenvalue weighted by Crippen LogP contribution is -2.48. The highest BCUT2D eigenvalue weighted by Crippen LogP contribution is 2.43. The molecule has 0 bridgehead atoms. The molecule has 162 valence electrons. The lowest BCUT2D eigenvalue weighted by atomic mass is 9.79. The molecule has 1 N–H and O–H groups in total. The van der Waals surface area contributed by atoms with Crippen LogP contribution in [0.5, 0.6) is 5.75 Å². The maximum absolute atomic E-state index is 12.6. The first-order chi connectivity index (χ1) is 14.8. The molecule has 1 heterocycles. The van der Waals surface area contributed by atoms with Crippen LogP contribution in [0.2, 0.25) is 0 Å². The molecule has 2 aromatic rings. The molecular weight excluding hydrogens is 386 g/mol. The Labute approximate surface area is 185 Å². The second-order valence-corrected chi connectivity index (χ2v) is 8.74. The first-order valence-electron chi connectivity index (χ1n) is 10.8. The van der Waals surface area contributed by atoms with E-state index in [2.05, 4.69) is 50.0 Å². The quantitative estimate of drug-likeness (QED) is 0.480. The van der Waals surface area contributed by atoms with Crippen molar-refractivity contribution in [2.24, 2.45) is 0 Å². The molecule has 0 fully saturated rings. The highest BCUT2D eigenvalue weighted by molar-refractivity contribution is 6.09. The van der Waals surface area contributed by atoms with Crippen molar-refractivity contribution in [1.29, 1.82) is 5.26 Å². The molecule has 3 rings (SSSR count). The maximum Gasteiger partial charge on any atom is 0.266 e. The number of hydrogen-bond donors (Lipinski definition) is 1. The topological polar surface area (TPSA) is 65.4 Å². The minimum atomic E-state index is -0.424. The summed E-state index contributed by atoms with van der Waals surface area (Å²) >= 11 is 0. The Bertz CT molecular complexity index is 1020. The van der Waals surface area contributed by atoms with Gasteiger partial charge in [0.25, 0.3) is 5.91 Å². The molecule has 1 amide bonds. The Kier molecular flexibility index (Phi) is 6.70. The van der Waals surface area contributed by atoms with Crippen molar-refractivity contribution in [2.45, 2.75) is 52.0 Å². The van der Waals surface area contributed by atoms with Crippen molar-refractivity contribution in [3.05, 3.63) is 59.2 Å². The van der Waals surface area contributed by atoms with Gasteiger partial charge in [0.1, 0.15) is 17.4 Å². The predicted octanol–water partition coefficient (Wildman–Crippen LogP) is 5.74. The third-order valence-electron chi connectivity index (χ3n) is 5.88. The number of benzene rings is 2. The zero-order chi connectivity index (χ0) is 22.6. The lowest BCUT2D eigenvalue weighted by Gasteiger charge is -2.47. The number of hydrogen-bond acceptors (Lipinski definition) is 4. The largest absolute Gasteiger partial charge is 0.497 e. The summed E-state index contributed by atoms with van der Waals surface area (Å²) in [5.41, 5.74) is 4.19. The molecule has 1 atom stereocenters. The second kappa shape index (κ2) is 9.26. The fourth-order valence-electron chi connectivity index (χ4n) is 4.43. The Morgan fingerprint density at radius 3 is 2.61 bits per heavy atom. The van der Waals surface area contributed by atoms with Gasteiger partial charge in [-0.25, -0.2) is 0 Å². The smallest absolute Gasteiger partial charge is 0.266 e. The second-order valence-electron chi connectivity index (χ2n) is 8.74. The van der Waals surface area contributed by atoms with Gasteiger partial charge in [-0.3, -0.25) is 4.79 Å². The lowest BCUT2D eigenvalue weighted by molar-refractivity contribution is -0.112. The van der Waals surface area contributed by atoms with Gasteiger partial charge in [0.2, 0.25) is 0 Å². The molecule has 5 nitrogen and oxygen atoms in total. The van der Waals surface area contributed by atoms with Crippen LogP contribution in [-0.4, -0.2) is 25.1 Å². The Morgan fingerprint density at radius 2 is 2.00 bits per heavy atom. The van der Waals surface area contributed by atoms with E-state index in [4.69, 9.17) is 4.74 Å². The zero-order valence-electron chi connectivity index (χ0n) is 19.0. The maximum atomic E-state index is 12.6. The molecule has 0 spiro atoms. The first-order valence-corrected chi connectivity index (χ1v) is 10.8. The number of ether oxygens (including phenoxy) is 1. The summed E-state index contributed by atoms with van der Waals surface area (Å²) in [6, 6.07) is 15.3. The number of methoxy groups -OCH3 is 1. The van der Waals surface area contributed by atoms with E-state index in [0.717, 1.165) is 24.9 Å². The van der Waals surface area contributed by atoms with Crippen LogP contribution in [-0.2, 0) is 4.79 Å². The predicted molar refractivity (Wildman–Crippen MR) is 126 cm³/mol. The summed E-state index contributed by atoms with van der Waals surface area (Å²) < 4.78 is 5.13. The van der Waals surface area contributed by atoms with Gasteiger partial charge in [0.15, 0.2) is 0 Å². The number of carbonyl (C=O) groups is 1. The minimum Gasteiger partial charge on any atom is -0.497 e. The monoisotopic (exact) mass is 417 g/mol. The van der Waals surface area contributed by atoms with Crippen LogP contribution >= 0.6 is 0 Å². The van der Waals surface area contributed by atoms with Gasteiger partial charge in [-0.1, -0.05) is 19.9 Å². The van der Waals surface area contributed by atoms with Gasteiger partial charge in [-0.15, -0.1) is 0 Å². The molecule has 0 aromatic heterocycles. The molecule has 0 radical (unpaired) electrons. The number of nitrogens with zero attached hydrogens (tertiary/aromatic N) is 2. The van der Waals surface area contributed by atoms with Gasteiger partial charge in [-0.05, 0) is 86.2 Å². The number of nitriles is 1. The van der Waals surface area contributed by atoms with E-state index in [1.54, 1.807) is 37.5 Å². The van der Waals surface area contributed by atoms with Gasteiger partial charge in [0, 0.05) is 23.5 Å². The Hall–Kier alpha value is -3.26. The number of carbonyl (C=O) groups excluding carboxylic acids is 1. The third kappa shape index (κ3) is 4.91. The highest BCUT2D eigenvalue weighted by Gasteiger charge is 2.35. The van der Waals surface area contributed by atoms with Crippen molar-refractivity contribution < 1.29 is 9.53 Å². The van der Waals surface area contributed by atoms with Crippen molar-refractivity contribution in [1.82, 2.24) is 0 Å². The van der Waals surface area contributed by atoms with Crippen molar-refractivity contribution >= 4 is 23.4 Å². The molecule has 2 aromatic carbocycles. The van der Waals surface area contributed by atoms with E-state index in [0.29, 0.717) is 17.4 Å². The Balaban J connectivity index is 1.87. The fourth-order valence-corrected chi connectivity index (χ4v) is 4.43. The van der Waals surface area contributed by atoms with Crippen LogP contribution in [0.4, 0.5) is 11.4 Å². The molecule has 1 aliphatic rings. The molecule has 0 saturated carbocycles. The van der Waals surface area contributed by atoms with Crippen LogP contribution < -0.4 is 15.0 Å². The molecule has 0 aliphatic carbocycles. The highest BCUT2D eigenvalue weighted by atomic mass is 16.5. The molecule has 0 saturated heterocycles. The van der Waals surface area contributed by atoms with Crippen LogP contribution in [0.3, 0.4) is 0 Å². The van der Waals surface area contributed by atoms with Crippen LogP contribution in [0.25, 0.3) is 6.08 Å². The summed E-state index contributed by atoms with van der Waals surface area (Å²) in [6.45, 7) is 10.1. The first kappa shape index (κ1) is 22.4. The van der Waals surface area contributed by atoms with E-state index >= 15 is 0 Å². The Morgan fingerprint density at radius 1 is 1.29 bits per heavy atom. The van der Waals surface area contributed by atoms with E-state index in [1.165, 1.54) is 11.3 Å². The summed E-state index contributed by atoms with van der Waals surface area (Å²) in [5.74, 6) is 0.690. The summed E-state index contributed by atoms with van der Waals surface area (Å²) in [6.07, 6.45) is 3.81. The van der Waals surface area contributed by atoms with Crippen molar-refractivity contribution in [3.63, 3.8) is 0 Å². The number of fused-ring (bicyclic) bond motifs is 1. The van der Waals surface area contributed by atoms with E-state index in [9.17, 15) is 10.1 Å². The van der Waals surface area contributed by atoms with Crippen molar-refractivity contribution in [3.8, 4) is 11.8 Å². The van der Waals surface area contributed by atoms with Crippen molar-refractivity contribution in [2.75, 3.05) is 23.9 Å². The number of rotatable bonds is 6. The SMILES string of the molecule is CCCN1c2ccc(/C=C(\C#N)C(=O)Nc3ccc(OC)cc3)cc2C(C)CC1(C)C. The summed E-state index contributed by atoms with van der Waals surface area (Å²) in [7, 11) is 1.59. The average Bonchev–Trinajstić information content (AvgIpc) is 2.75. The standard InChI is InChI=1S/C26H31N3O2/c1-6-13-29-24-12-7-19(15-23(24)18(2)16-26(29,3)4)14-20(17-27)25(30)28-21-8-10-22(31-5)11-9-21/h7-12,14-15,18H,6,13,16H2,1-5H3,(H,28,30)/b20-14+. The molecule has 31 heavy (non-hydrogen) atoms. The molecule has 1 unspecified atom stereocenters. The van der Waals surface area contributed by atoms with Gasteiger partial charge in [-0.2, -0.15) is 5.26 Å². The van der Waals surface area contributed by atoms with Crippen LogP contribution in [0.1, 0.15) is 57.6 Å². The summed E-state index contributed by atoms with van der Waals surface area (Å²) in [5, 5.41) is 12.4. The zero-order valence-corrected chi connectivity index (χ0v) is 19.0. The van der Waals surface area contributed by atoms with Gasteiger partial charge >= 0.3 is 0 Å². The van der Waals surface area contributed by atoms with Crippen LogP contribution in [0.15, 0.2) is 48.0 Å². The van der Waals surface area contributed by atoms with E-state index in [-0.39, 0.29) is 11.1 Å². The third-order valence-corrected chi connectivity index (χ3v) is 5.88. The van der Waals surface area contributed by atoms with E-state index in [1.807, 2.05) is 12.1 Å². The fraction of sp³-hybridized carbons (Fsp3) is 0.385. The normalized spacial score (nSPS) is 17.5.